The minimum Gasteiger partial charge on any atom is -0.493 e. The minimum absolute atomic E-state index is 0.107. The van der Waals surface area contributed by atoms with Crippen molar-refractivity contribution in [1.82, 2.24) is 0 Å². The molecule has 60 heavy (non-hydrogen) atoms. The standard InChI is InChI=1S/C49H69BrN4O6/c1-45(2,3)28-20-32(50)40(56-16)33(21-28)51-34-22-29(46(4,5)6)23-35(41(34)57-17)52-36-24-30(47(7,8)9)25-37(42(36)58-18)53-38-26-31(48(10,11)12)27-39(43(38)59-19)54-44(55)60-49(13,14)15/h20-27,51-53H,1-19H3,(H,54,55). The molecule has 1 amide bonds. The van der Waals surface area contributed by atoms with Crippen LogP contribution in [0.2, 0.25) is 0 Å². The second-order valence-corrected chi connectivity index (χ2v) is 21.2. The maximum atomic E-state index is 13.1. The predicted octanol–water partition coefficient (Wildman–Crippen LogP) is 14.3. The topological polar surface area (TPSA) is 111 Å². The van der Waals surface area contributed by atoms with E-state index in [0.717, 1.165) is 49.5 Å². The molecule has 0 bridgehead atoms. The van der Waals surface area contributed by atoms with Gasteiger partial charge in [0.2, 0.25) is 0 Å². The molecule has 4 rings (SSSR count). The summed E-state index contributed by atoms with van der Waals surface area (Å²) in [6.07, 6.45) is -0.579. The summed E-state index contributed by atoms with van der Waals surface area (Å²) >= 11 is 3.76. The highest BCUT2D eigenvalue weighted by Crippen LogP contribution is 2.49. The first-order valence-electron chi connectivity index (χ1n) is 20.4. The molecule has 4 aromatic carbocycles. The summed E-state index contributed by atoms with van der Waals surface area (Å²) < 4.78 is 30.9. The van der Waals surface area contributed by atoms with Crippen molar-refractivity contribution >= 4 is 61.8 Å². The SMILES string of the molecule is COc1c(Br)cc(C(C)(C)C)cc1Nc1cc(C(C)(C)C)cc(Nc2cc(C(C)(C)C)cc(Nc3cc(C(C)(C)C)cc(NC(=O)OC(C)(C)C)c3OC)c2OC)c1OC. The second-order valence-electron chi connectivity index (χ2n) is 20.4. The molecule has 328 valence electrons. The van der Waals surface area contributed by atoms with E-state index in [9.17, 15) is 4.79 Å². The number of carbonyl (C=O) groups excluding carboxylic acids is 1. The highest BCUT2D eigenvalue weighted by atomic mass is 79.9. The molecule has 11 heteroatoms. The Morgan fingerprint density at radius 1 is 0.417 bits per heavy atom. The first-order chi connectivity index (χ1) is 27.5. The van der Waals surface area contributed by atoms with Crippen molar-refractivity contribution in [3.05, 3.63) is 75.3 Å². The van der Waals surface area contributed by atoms with Crippen molar-refractivity contribution < 1.29 is 28.5 Å². The van der Waals surface area contributed by atoms with Gasteiger partial charge in [0, 0.05) is 0 Å². The van der Waals surface area contributed by atoms with Crippen LogP contribution in [-0.4, -0.2) is 40.1 Å². The summed E-state index contributed by atoms with van der Waals surface area (Å²) in [6.45, 7) is 31.5. The van der Waals surface area contributed by atoms with Gasteiger partial charge in [0.25, 0.3) is 0 Å². The van der Waals surface area contributed by atoms with Gasteiger partial charge in [-0.05, 0) is 129 Å². The van der Waals surface area contributed by atoms with Crippen LogP contribution in [0.25, 0.3) is 0 Å². The monoisotopic (exact) mass is 888 g/mol. The summed E-state index contributed by atoms with van der Waals surface area (Å²) in [5, 5.41) is 14.0. The van der Waals surface area contributed by atoms with Crippen LogP contribution in [-0.2, 0) is 26.4 Å². The molecule has 10 nitrogen and oxygen atoms in total. The van der Waals surface area contributed by atoms with Crippen LogP contribution < -0.4 is 40.2 Å². The third-order valence-electron chi connectivity index (χ3n) is 10.0. The summed E-state index contributed by atoms with van der Waals surface area (Å²) in [6, 6.07) is 16.7. The van der Waals surface area contributed by atoms with E-state index in [2.05, 4.69) is 157 Å². The Morgan fingerprint density at radius 3 is 0.933 bits per heavy atom. The lowest BCUT2D eigenvalue weighted by Gasteiger charge is -2.28. The van der Waals surface area contributed by atoms with E-state index in [0.29, 0.717) is 40.1 Å². The number of anilines is 7. The van der Waals surface area contributed by atoms with Crippen LogP contribution in [0, 0.1) is 0 Å². The molecule has 0 saturated heterocycles. The molecule has 0 heterocycles. The maximum absolute atomic E-state index is 13.1. The Bertz CT molecular complexity index is 2200. The Kier molecular flexibility index (Phi) is 14.1. The van der Waals surface area contributed by atoms with E-state index >= 15 is 0 Å². The number of nitrogens with one attached hydrogen (secondary N) is 4. The maximum Gasteiger partial charge on any atom is 0.412 e. The first-order valence-corrected chi connectivity index (χ1v) is 21.2. The minimum atomic E-state index is -0.683. The zero-order valence-corrected chi connectivity index (χ0v) is 41.0. The number of rotatable bonds is 11. The normalized spacial score (nSPS) is 12.4. The Hall–Kier alpha value is -4.77. The Balaban J connectivity index is 1.97. The summed E-state index contributed by atoms with van der Waals surface area (Å²) in [7, 11) is 6.59. The van der Waals surface area contributed by atoms with E-state index in [1.54, 1.807) is 28.4 Å². The number of benzene rings is 4. The average molecular weight is 890 g/mol. The van der Waals surface area contributed by atoms with Crippen molar-refractivity contribution in [1.29, 1.82) is 0 Å². The number of amides is 1. The van der Waals surface area contributed by atoms with Crippen LogP contribution in [0.5, 0.6) is 23.0 Å². The van der Waals surface area contributed by atoms with Crippen molar-refractivity contribution in [3.63, 3.8) is 0 Å². The Morgan fingerprint density at radius 2 is 0.667 bits per heavy atom. The molecule has 0 radical (unpaired) electrons. The quantitative estimate of drug-likeness (QED) is 0.117. The van der Waals surface area contributed by atoms with Gasteiger partial charge in [0.15, 0.2) is 23.0 Å². The van der Waals surface area contributed by atoms with Crippen LogP contribution in [0.3, 0.4) is 0 Å². The number of carbonyl (C=O) groups is 1. The fraction of sp³-hybridized carbons (Fsp3) is 0.490. The van der Waals surface area contributed by atoms with Crippen molar-refractivity contribution in [2.45, 2.75) is 131 Å². The van der Waals surface area contributed by atoms with Crippen molar-refractivity contribution in [2.24, 2.45) is 0 Å². The van der Waals surface area contributed by atoms with Gasteiger partial charge in [-0.15, -0.1) is 0 Å². The van der Waals surface area contributed by atoms with Crippen LogP contribution in [0.15, 0.2) is 53.0 Å². The van der Waals surface area contributed by atoms with Gasteiger partial charge in [0.05, 0.1) is 72.7 Å². The molecule has 0 aliphatic rings. The zero-order valence-electron chi connectivity index (χ0n) is 39.4. The molecule has 0 aliphatic heterocycles. The highest BCUT2D eigenvalue weighted by Gasteiger charge is 2.28. The van der Waals surface area contributed by atoms with E-state index < -0.39 is 11.7 Å². The lowest BCUT2D eigenvalue weighted by molar-refractivity contribution is 0.0635. The largest absolute Gasteiger partial charge is 0.493 e. The van der Waals surface area contributed by atoms with E-state index in [1.165, 1.54) is 0 Å². The molecule has 0 atom stereocenters. The molecule has 0 spiro atoms. The molecule has 0 aromatic heterocycles. The summed E-state index contributed by atoms with van der Waals surface area (Å²) in [5.41, 5.74) is 7.54. The fourth-order valence-corrected chi connectivity index (χ4v) is 7.20. The lowest BCUT2D eigenvalue weighted by atomic mass is 9.85. The number of halogens is 1. The molecule has 0 aliphatic carbocycles. The summed E-state index contributed by atoms with van der Waals surface area (Å²) in [4.78, 5) is 13.1. The smallest absolute Gasteiger partial charge is 0.412 e. The summed E-state index contributed by atoms with van der Waals surface area (Å²) in [5.74, 6) is 2.30. The van der Waals surface area contributed by atoms with Gasteiger partial charge in [0.1, 0.15) is 5.60 Å². The third kappa shape index (κ3) is 11.5. The van der Waals surface area contributed by atoms with Gasteiger partial charge in [-0.1, -0.05) is 83.1 Å². The van der Waals surface area contributed by atoms with Gasteiger partial charge >= 0.3 is 6.09 Å². The predicted molar refractivity (Wildman–Crippen MR) is 254 cm³/mol. The van der Waals surface area contributed by atoms with Crippen LogP contribution in [0.4, 0.5) is 44.6 Å². The van der Waals surface area contributed by atoms with Gasteiger partial charge in [-0.2, -0.15) is 0 Å². The molecular formula is C49H69BrN4O6. The molecule has 4 aromatic rings. The molecule has 0 fully saturated rings. The van der Waals surface area contributed by atoms with Crippen molar-refractivity contribution in [2.75, 3.05) is 49.7 Å². The van der Waals surface area contributed by atoms with Gasteiger partial charge in [-0.3, -0.25) is 5.32 Å². The zero-order chi connectivity index (χ0) is 45.3. The number of hydrogen-bond donors (Lipinski definition) is 4. The van der Waals surface area contributed by atoms with E-state index in [4.69, 9.17) is 23.7 Å². The molecule has 0 unspecified atom stereocenters. The fourth-order valence-electron chi connectivity index (χ4n) is 6.58. The van der Waals surface area contributed by atoms with Gasteiger partial charge < -0.3 is 39.6 Å². The molecule has 4 N–H and O–H groups in total. The van der Waals surface area contributed by atoms with E-state index in [1.807, 2.05) is 32.9 Å². The Labute approximate surface area is 368 Å². The third-order valence-corrected chi connectivity index (χ3v) is 10.6. The lowest BCUT2D eigenvalue weighted by Crippen LogP contribution is -2.27. The van der Waals surface area contributed by atoms with E-state index in [-0.39, 0.29) is 21.7 Å². The number of ether oxygens (including phenoxy) is 5. The average Bonchev–Trinajstić information content (AvgIpc) is 3.09. The number of hydrogen-bond acceptors (Lipinski definition) is 9. The van der Waals surface area contributed by atoms with Gasteiger partial charge in [-0.25, -0.2) is 4.79 Å². The molecular weight excluding hydrogens is 820 g/mol. The highest BCUT2D eigenvalue weighted by molar-refractivity contribution is 9.10. The first kappa shape index (κ1) is 47.9. The second kappa shape index (κ2) is 17.7. The van der Waals surface area contributed by atoms with Crippen LogP contribution >= 0.6 is 15.9 Å². The number of methoxy groups -OCH3 is 4. The molecule has 0 saturated carbocycles. The van der Waals surface area contributed by atoms with Crippen molar-refractivity contribution in [3.8, 4) is 23.0 Å². The van der Waals surface area contributed by atoms with Crippen LogP contribution in [0.1, 0.15) is 126 Å².